The van der Waals surface area contributed by atoms with E-state index in [-0.39, 0.29) is 29.6 Å². The Labute approximate surface area is 195 Å². The number of aromatic amines is 1. The quantitative estimate of drug-likeness (QED) is 0.371. The number of hydrogen-bond donors (Lipinski definition) is 3. The van der Waals surface area contributed by atoms with Gasteiger partial charge in [0.2, 0.25) is 0 Å². The fourth-order valence-electron chi connectivity index (χ4n) is 3.04. The van der Waals surface area contributed by atoms with Gasteiger partial charge in [0, 0.05) is 34.2 Å². The molecule has 1 aliphatic heterocycles. The van der Waals surface area contributed by atoms with Crippen LogP contribution in [0.25, 0.3) is 10.9 Å². The van der Waals surface area contributed by atoms with Gasteiger partial charge in [-0.2, -0.15) is 5.75 Å². The van der Waals surface area contributed by atoms with Crippen LogP contribution in [0.2, 0.25) is 5.02 Å². The molecule has 0 radical (unpaired) electrons. The van der Waals surface area contributed by atoms with Crippen molar-refractivity contribution in [2.45, 2.75) is 25.4 Å². The van der Waals surface area contributed by atoms with Gasteiger partial charge in [0.25, 0.3) is 0 Å². The predicted molar refractivity (Wildman–Crippen MR) is 115 cm³/mol. The van der Waals surface area contributed by atoms with Crippen molar-refractivity contribution in [2.24, 2.45) is 0 Å². The zero-order valence-corrected chi connectivity index (χ0v) is 19.9. The molecular weight excluding hydrogens is 387 g/mol. The summed E-state index contributed by atoms with van der Waals surface area (Å²) in [7, 11) is 2.17. The van der Waals surface area contributed by atoms with E-state index in [0.29, 0.717) is 11.8 Å². The molecule has 0 amide bonds. The van der Waals surface area contributed by atoms with Crippen molar-refractivity contribution in [1.29, 1.82) is 0 Å². The number of aromatic nitrogens is 1. The Kier molecular flexibility index (Phi) is 11.6. The molecule has 0 bridgehead atoms. The van der Waals surface area contributed by atoms with Crippen molar-refractivity contribution < 1.29 is 29.6 Å². The molecule has 142 valence electrons. The van der Waals surface area contributed by atoms with E-state index in [4.69, 9.17) is 11.6 Å². The maximum absolute atomic E-state index is 6.02. The average Bonchev–Trinajstić information content (AvgIpc) is 3.02. The number of fused-ring (bicyclic) bond motifs is 1. The van der Waals surface area contributed by atoms with Crippen LogP contribution in [0.3, 0.4) is 0 Å². The standard InChI is InChI=1S/C17H23ClN4.C3H6S.Na/c1-12(20-15-4-3-7-22(2)11-15)19-10-16-9-13-8-14(18)5-6-17(13)21-16;1-2-3-4;/h5-6,8-9,15,19-21H,1,3-4,7,10-11H2,2H3;2,4H,1,3H2;/q;;+1/p-1. The van der Waals surface area contributed by atoms with E-state index in [0.717, 1.165) is 40.5 Å². The van der Waals surface area contributed by atoms with Gasteiger partial charge in [0.1, 0.15) is 0 Å². The summed E-state index contributed by atoms with van der Waals surface area (Å²) >= 11 is 10.5. The van der Waals surface area contributed by atoms with E-state index >= 15 is 0 Å². The third-order valence-corrected chi connectivity index (χ3v) is 4.72. The molecule has 2 aromatic rings. The van der Waals surface area contributed by atoms with Crippen LogP contribution < -0.4 is 40.2 Å². The Hall–Kier alpha value is -0.560. The number of nitrogens with one attached hydrogen (secondary N) is 3. The first-order valence-corrected chi connectivity index (χ1v) is 9.81. The Morgan fingerprint density at radius 2 is 2.19 bits per heavy atom. The summed E-state index contributed by atoms with van der Waals surface area (Å²) in [5.41, 5.74) is 2.23. The van der Waals surface area contributed by atoms with E-state index in [9.17, 15) is 0 Å². The van der Waals surface area contributed by atoms with Crippen LogP contribution in [-0.4, -0.2) is 41.8 Å². The van der Waals surface area contributed by atoms with Crippen LogP contribution in [0.5, 0.6) is 0 Å². The van der Waals surface area contributed by atoms with Gasteiger partial charge in [-0.15, -0.1) is 12.7 Å². The minimum atomic E-state index is 0. The second-order valence-corrected chi connectivity index (χ2v) is 7.33. The fourth-order valence-corrected chi connectivity index (χ4v) is 3.22. The van der Waals surface area contributed by atoms with Gasteiger partial charge in [0.05, 0.1) is 12.4 Å². The van der Waals surface area contributed by atoms with Gasteiger partial charge in [-0.1, -0.05) is 18.2 Å². The van der Waals surface area contributed by atoms with Crippen molar-refractivity contribution in [3.63, 3.8) is 0 Å². The van der Waals surface area contributed by atoms with Crippen molar-refractivity contribution in [3.8, 4) is 0 Å². The minimum absolute atomic E-state index is 0. The number of likely N-dealkylation sites (N-methyl/N-ethyl adjacent to an activating group) is 1. The normalized spacial score (nSPS) is 16.6. The molecule has 1 aromatic heterocycles. The summed E-state index contributed by atoms with van der Waals surface area (Å²) in [5.74, 6) is 1.55. The Bertz CT molecular complexity index is 734. The maximum Gasteiger partial charge on any atom is 1.00 e. The van der Waals surface area contributed by atoms with Crippen LogP contribution in [0.15, 0.2) is 49.3 Å². The smallest absolute Gasteiger partial charge is 0.789 e. The molecular formula is C20H28ClN4NaS. The molecule has 2 heterocycles. The molecule has 1 unspecified atom stereocenters. The average molecular weight is 415 g/mol. The van der Waals surface area contributed by atoms with Crippen molar-refractivity contribution in [1.82, 2.24) is 20.5 Å². The van der Waals surface area contributed by atoms with Crippen molar-refractivity contribution in [2.75, 3.05) is 25.9 Å². The Morgan fingerprint density at radius 1 is 1.44 bits per heavy atom. The number of halogens is 1. The van der Waals surface area contributed by atoms with E-state index in [1.165, 1.54) is 19.4 Å². The third-order valence-electron chi connectivity index (χ3n) is 4.25. The number of likely N-dealkylation sites (tertiary alicyclic amines) is 1. The van der Waals surface area contributed by atoms with Crippen LogP contribution in [0.4, 0.5) is 0 Å². The molecule has 4 nitrogen and oxygen atoms in total. The number of piperidine rings is 1. The van der Waals surface area contributed by atoms with E-state index in [1.54, 1.807) is 6.08 Å². The van der Waals surface area contributed by atoms with Gasteiger partial charge >= 0.3 is 29.6 Å². The summed E-state index contributed by atoms with van der Waals surface area (Å²) < 4.78 is 0. The van der Waals surface area contributed by atoms with E-state index in [1.807, 2.05) is 18.2 Å². The topological polar surface area (TPSA) is 43.1 Å². The summed E-state index contributed by atoms with van der Waals surface area (Å²) in [6, 6.07) is 8.49. The third kappa shape index (κ3) is 8.55. The second-order valence-electron chi connectivity index (χ2n) is 6.56. The number of H-pyrrole nitrogens is 1. The molecule has 1 saturated heterocycles. The van der Waals surface area contributed by atoms with Crippen molar-refractivity contribution in [3.05, 3.63) is 60.0 Å². The molecule has 1 atom stereocenters. The molecule has 1 fully saturated rings. The first-order valence-electron chi connectivity index (χ1n) is 8.86. The minimum Gasteiger partial charge on any atom is -0.789 e. The summed E-state index contributed by atoms with van der Waals surface area (Å²) in [6.07, 6.45) is 4.13. The van der Waals surface area contributed by atoms with Gasteiger partial charge in [-0.05, 0) is 50.7 Å². The Balaban J connectivity index is 0.000000666. The van der Waals surface area contributed by atoms with Crippen LogP contribution in [-0.2, 0) is 19.2 Å². The number of hydrogen-bond acceptors (Lipinski definition) is 4. The monoisotopic (exact) mass is 414 g/mol. The number of nitrogens with zero attached hydrogens (tertiary/aromatic N) is 1. The molecule has 1 aromatic carbocycles. The fraction of sp³-hybridized carbons (Fsp3) is 0.400. The SMILES string of the molecule is C=C(NCc1cc2cc(Cl)ccc2[nH]1)NC1CCCN(C)C1.C=CC[S-].[Na+]. The summed E-state index contributed by atoms with van der Waals surface area (Å²) in [6.45, 7) is 10.4. The molecule has 3 rings (SSSR count). The summed E-state index contributed by atoms with van der Waals surface area (Å²) in [5, 5.41) is 8.73. The van der Waals surface area contributed by atoms with Crippen molar-refractivity contribution >= 4 is 35.1 Å². The van der Waals surface area contributed by atoms with Gasteiger partial charge in [-0.3, -0.25) is 0 Å². The zero-order valence-electron chi connectivity index (χ0n) is 16.4. The van der Waals surface area contributed by atoms with E-state index < -0.39 is 0 Å². The number of rotatable bonds is 6. The van der Waals surface area contributed by atoms with Gasteiger partial charge in [0.15, 0.2) is 0 Å². The molecule has 0 spiro atoms. The van der Waals surface area contributed by atoms with E-state index in [2.05, 4.69) is 59.4 Å². The largest absolute Gasteiger partial charge is 1.00 e. The first kappa shape index (κ1) is 24.5. The second kappa shape index (κ2) is 12.8. The summed E-state index contributed by atoms with van der Waals surface area (Å²) in [4.78, 5) is 5.75. The van der Waals surface area contributed by atoms with Crippen LogP contribution >= 0.6 is 11.6 Å². The molecule has 7 heteroatoms. The zero-order chi connectivity index (χ0) is 18.9. The molecule has 3 N–H and O–H groups in total. The van der Waals surface area contributed by atoms with Crippen LogP contribution in [0, 0.1) is 0 Å². The number of benzene rings is 1. The Morgan fingerprint density at radius 3 is 2.85 bits per heavy atom. The molecule has 27 heavy (non-hydrogen) atoms. The van der Waals surface area contributed by atoms with Gasteiger partial charge in [-0.25, -0.2) is 0 Å². The first-order chi connectivity index (χ1) is 12.5. The predicted octanol–water partition coefficient (Wildman–Crippen LogP) is 0.789. The van der Waals surface area contributed by atoms with Gasteiger partial charge < -0.3 is 33.1 Å². The molecule has 0 saturated carbocycles. The van der Waals surface area contributed by atoms with Crippen LogP contribution in [0.1, 0.15) is 18.5 Å². The molecule has 0 aliphatic carbocycles. The maximum atomic E-state index is 6.02. The molecule has 1 aliphatic rings.